The van der Waals surface area contributed by atoms with Crippen molar-refractivity contribution < 1.29 is 40.0 Å². The van der Waals surface area contributed by atoms with Crippen LogP contribution in [-0.2, 0) is 37.9 Å². The number of nitrogens with one attached hydrogen (secondary N) is 1. The van der Waals surface area contributed by atoms with Crippen LogP contribution in [-0.4, -0.2) is 75.3 Å². The number of aromatic nitrogens is 2. The molecule has 0 saturated carbocycles. The fraction of sp³-hybridized carbons (Fsp3) is 0.306. The smallest absolute Gasteiger partial charge is 0.315 e. The molecule has 296 valence electrons. The van der Waals surface area contributed by atoms with E-state index in [0.29, 0.717) is 38.4 Å². The lowest BCUT2D eigenvalue weighted by Crippen LogP contribution is -2.34. The van der Waals surface area contributed by atoms with Gasteiger partial charge < -0.3 is 11.1 Å². The monoisotopic (exact) mass is 840 g/mol. The average molecular weight is 842 g/mol. The molecule has 4 rings (SSSR count). The summed E-state index contributed by atoms with van der Waals surface area (Å²) in [6.45, 7) is 6.00. The standard InChI is InChI=1S/C19H20ClF2N3O4S.C17H20ClN3O3S/c1-3-30(28,29)25(16-7-12(2)6-14(20)8-16)11-15-5-4-13(9-23-15)17(26)10-24-19(27)18(21)22;1-3-25(23,24)21(16-7-12(2)6-14(18)8-16)11-15-5-4-13(10-20-15)17(22)9-19/h4-9,18H,3,10-11H2,1-2H3,(H,24,27);4-8,10H,3,9,11,19H2,1-2H3. The van der Waals surface area contributed by atoms with E-state index in [9.17, 15) is 40.0 Å². The zero-order chi connectivity index (χ0) is 41.1. The molecule has 0 bridgehead atoms. The zero-order valence-electron chi connectivity index (χ0n) is 30.3. The first-order valence-electron chi connectivity index (χ1n) is 16.6. The summed E-state index contributed by atoms with van der Waals surface area (Å²) in [5.41, 5.74) is 9.21. The predicted molar refractivity (Wildman–Crippen MR) is 209 cm³/mol. The number of nitrogens with two attached hydrogens (primary N) is 1. The molecule has 2 heterocycles. The van der Waals surface area contributed by atoms with Crippen LogP contribution < -0.4 is 19.7 Å². The summed E-state index contributed by atoms with van der Waals surface area (Å²) in [6.07, 6.45) is -0.601. The van der Waals surface area contributed by atoms with E-state index >= 15 is 0 Å². The molecule has 55 heavy (non-hydrogen) atoms. The Balaban J connectivity index is 0.000000300. The first-order chi connectivity index (χ1) is 25.8. The number of aryl methyl sites for hydroxylation is 2. The second-order valence-corrected chi connectivity index (χ2v) is 17.2. The lowest BCUT2D eigenvalue weighted by molar-refractivity contribution is -0.131. The second-order valence-electron chi connectivity index (χ2n) is 11.9. The summed E-state index contributed by atoms with van der Waals surface area (Å²) >= 11 is 12.1. The molecule has 19 heteroatoms. The first-order valence-corrected chi connectivity index (χ1v) is 20.5. The van der Waals surface area contributed by atoms with Crippen LogP contribution in [0.25, 0.3) is 0 Å². The van der Waals surface area contributed by atoms with Crippen molar-refractivity contribution in [2.75, 3.05) is 33.2 Å². The maximum absolute atomic E-state index is 12.6. The Morgan fingerprint density at radius 2 is 1.15 bits per heavy atom. The highest BCUT2D eigenvalue weighted by atomic mass is 35.5. The third-order valence-corrected chi connectivity index (χ3v) is 11.7. The molecule has 0 saturated heterocycles. The van der Waals surface area contributed by atoms with Crippen LogP contribution in [0, 0.1) is 13.8 Å². The van der Waals surface area contributed by atoms with Gasteiger partial charge in [0.2, 0.25) is 20.0 Å². The van der Waals surface area contributed by atoms with Crippen LogP contribution in [0.5, 0.6) is 0 Å². The van der Waals surface area contributed by atoms with Crippen molar-refractivity contribution in [2.45, 2.75) is 47.2 Å². The number of amides is 1. The van der Waals surface area contributed by atoms with Gasteiger partial charge in [-0.2, -0.15) is 8.78 Å². The number of Topliss-reactive ketones (excluding diaryl/α,β-unsaturated/α-hetero) is 2. The van der Waals surface area contributed by atoms with E-state index in [1.807, 2.05) is 12.2 Å². The van der Waals surface area contributed by atoms with Gasteiger partial charge in [0.1, 0.15) is 0 Å². The molecular weight excluding hydrogens is 801 g/mol. The lowest BCUT2D eigenvalue weighted by Gasteiger charge is -2.24. The highest BCUT2D eigenvalue weighted by Crippen LogP contribution is 2.28. The molecule has 3 N–H and O–H groups in total. The number of rotatable bonds is 16. The Morgan fingerprint density at radius 1 is 0.727 bits per heavy atom. The van der Waals surface area contributed by atoms with E-state index in [-0.39, 0.29) is 42.5 Å². The summed E-state index contributed by atoms with van der Waals surface area (Å²) in [5, 5.41) is 2.67. The minimum Gasteiger partial charge on any atom is -0.344 e. The van der Waals surface area contributed by atoms with Gasteiger partial charge in [-0.3, -0.25) is 33.0 Å². The SMILES string of the molecule is CCS(=O)(=O)N(Cc1ccc(C(=O)CN)cn1)c1cc(C)cc(Cl)c1.CCS(=O)(=O)N(Cc1ccc(C(=O)CNC(=O)C(F)F)cn1)c1cc(C)cc(Cl)c1. The quantitative estimate of drug-likeness (QED) is 0.136. The Morgan fingerprint density at radius 3 is 1.47 bits per heavy atom. The van der Waals surface area contributed by atoms with Gasteiger partial charge >= 0.3 is 6.43 Å². The molecule has 1 amide bonds. The van der Waals surface area contributed by atoms with E-state index in [4.69, 9.17) is 28.9 Å². The fourth-order valence-corrected chi connectivity index (χ4v) is 7.56. The molecule has 2 aromatic heterocycles. The van der Waals surface area contributed by atoms with Gasteiger partial charge in [0.15, 0.2) is 11.6 Å². The van der Waals surface area contributed by atoms with Crippen LogP contribution >= 0.6 is 23.2 Å². The normalized spacial score (nSPS) is 11.4. The minimum atomic E-state index is -3.65. The van der Waals surface area contributed by atoms with Crippen molar-refractivity contribution in [3.63, 3.8) is 0 Å². The van der Waals surface area contributed by atoms with E-state index in [0.717, 1.165) is 11.1 Å². The summed E-state index contributed by atoms with van der Waals surface area (Å²) in [6, 6.07) is 16.1. The molecule has 0 aliphatic heterocycles. The molecule has 4 aromatic rings. The third-order valence-electron chi connectivity index (χ3n) is 7.74. The summed E-state index contributed by atoms with van der Waals surface area (Å²) < 4.78 is 77.1. The van der Waals surface area contributed by atoms with Crippen molar-refractivity contribution >= 4 is 72.1 Å². The molecule has 0 unspecified atom stereocenters. The number of carbonyl (C=O) groups excluding carboxylic acids is 3. The molecule has 0 spiro atoms. The van der Waals surface area contributed by atoms with Gasteiger partial charge in [-0.15, -0.1) is 0 Å². The molecule has 0 atom stereocenters. The van der Waals surface area contributed by atoms with Gasteiger partial charge in [0, 0.05) is 33.6 Å². The molecule has 13 nitrogen and oxygen atoms in total. The van der Waals surface area contributed by atoms with Gasteiger partial charge in [-0.25, -0.2) is 16.8 Å². The van der Waals surface area contributed by atoms with Crippen molar-refractivity contribution in [3.8, 4) is 0 Å². The second kappa shape index (κ2) is 19.9. The number of benzene rings is 2. The van der Waals surface area contributed by atoms with Gasteiger partial charge in [-0.05, 0) is 99.5 Å². The molecule has 0 aliphatic carbocycles. The van der Waals surface area contributed by atoms with Gasteiger partial charge in [-0.1, -0.05) is 23.2 Å². The summed E-state index contributed by atoms with van der Waals surface area (Å²) in [7, 11) is -7.18. The van der Waals surface area contributed by atoms with Crippen molar-refractivity contribution in [2.24, 2.45) is 5.73 Å². The van der Waals surface area contributed by atoms with Crippen molar-refractivity contribution in [1.29, 1.82) is 0 Å². The predicted octanol–water partition coefficient (Wildman–Crippen LogP) is 5.50. The van der Waals surface area contributed by atoms with E-state index in [1.165, 1.54) is 46.1 Å². The third kappa shape index (κ3) is 13.0. The molecule has 0 fully saturated rings. The molecule has 0 radical (unpaired) electrons. The zero-order valence-corrected chi connectivity index (χ0v) is 33.4. The number of hydrogen-bond donors (Lipinski definition) is 2. The maximum Gasteiger partial charge on any atom is 0.315 e. The number of alkyl halides is 2. The average Bonchev–Trinajstić information content (AvgIpc) is 3.14. The number of sulfonamides is 2. The van der Waals surface area contributed by atoms with Gasteiger partial charge in [0.25, 0.3) is 5.91 Å². The number of pyridine rings is 2. The van der Waals surface area contributed by atoms with Crippen LogP contribution in [0.15, 0.2) is 73.1 Å². The number of halogens is 4. The lowest BCUT2D eigenvalue weighted by atomic mass is 10.1. The van der Waals surface area contributed by atoms with Crippen LogP contribution in [0.4, 0.5) is 20.2 Å². The number of anilines is 2. The highest BCUT2D eigenvalue weighted by Gasteiger charge is 2.24. The van der Waals surface area contributed by atoms with E-state index in [1.54, 1.807) is 56.3 Å². The first kappa shape index (κ1) is 44.8. The number of ketones is 2. The Labute approximate surface area is 329 Å². The van der Waals surface area contributed by atoms with Crippen LogP contribution in [0.2, 0.25) is 10.0 Å². The van der Waals surface area contributed by atoms with Crippen LogP contribution in [0.3, 0.4) is 0 Å². The number of hydrogen-bond acceptors (Lipinski definition) is 10. The Hall–Kier alpha value is -4.55. The van der Waals surface area contributed by atoms with Crippen molar-refractivity contribution in [3.05, 3.63) is 117 Å². The summed E-state index contributed by atoms with van der Waals surface area (Å²) in [4.78, 5) is 42.7. The van der Waals surface area contributed by atoms with E-state index < -0.39 is 44.7 Å². The summed E-state index contributed by atoms with van der Waals surface area (Å²) in [5.74, 6) is -2.55. The van der Waals surface area contributed by atoms with Crippen molar-refractivity contribution in [1.82, 2.24) is 15.3 Å². The minimum absolute atomic E-state index is 0.0487. The molecular formula is C36H40Cl2F2N6O7S2. The van der Waals surface area contributed by atoms with Crippen LogP contribution in [0.1, 0.15) is 57.1 Å². The Kier molecular flexibility index (Phi) is 16.2. The number of nitrogens with zero attached hydrogens (tertiary/aromatic N) is 4. The largest absolute Gasteiger partial charge is 0.344 e. The Bertz CT molecular complexity index is 2170. The highest BCUT2D eigenvalue weighted by molar-refractivity contribution is 7.93. The fourth-order valence-electron chi connectivity index (χ4n) is 4.86. The van der Waals surface area contributed by atoms with Gasteiger partial charge in [0.05, 0.1) is 60.4 Å². The molecule has 0 aliphatic rings. The number of carbonyl (C=O) groups is 3. The van der Waals surface area contributed by atoms with E-state index in [2.05, 4.69) is 9.97 Å². The molecule has 2 aromatic carbocycles. The maximum atomic E-state index is 12.6. The topological polar surface area (TPSA) is 190 Å².